The van der Waals surface area contributed by atoms with Gasteiger partial charge in [0.25, 0.3) is 0 Å². The summed E-state index contributed by atoms with van der Waals surface area (Å²) in [7, 11) is 0. The quantitative estimate of drug-likeness (QED) is 0.686. The smallest absolute Gasteiger partial charge is 0.348 e. The zero-order valence-corrected chi connectivity index (χ0v) is 7.14. The average Bonchev–Trinajstić information content (AvgIpc) is 2.18. The Hall–Kier alpha value is -2.17. The standard InChI is InChI=1S/C9H7N3O2/c13-7-4-2-1-3-6(7)8-10-5-11-9(14)12-8/h1-5,13H,(H,10,11,12,14). The van der Waals surface area contributed by atoms with Crippen LogP contribution < -0.4 is 5.69 Å². The molecule has 14 heavy (non-hydrogen) atoms. The third-order valence-corrected chi connectivity index (χ3v) is 1.75. The van der Waals surface area contributed by atoms with E-state index in [9.17, 15) is 9.90 Å². The van der Waals surface area contributed by atoms with Crippen LogP contribution >= 0.6 is 0 Å². The maximum absolute atomic E-state index is 10.9. The van der Waals surface area contributed by atoms with E-state index in [0.29, 0.717) is 11.4 Å². The van der Waals surface area contributed by atoms with Gasteiger partial charge in [0.15, 0.2) is 0 Å². The number of hydrogen-bond acceptors (Lipinski definition) is 4. The van der Waals surface area contributed by atoms with Crippen molar-refractivity contribution < 1.29 is 5.11 Å². The normalized spacial score (nSPS) is 10.0. The maximum Gasteiger partial charge on any atom is 0.348 e. The molecule has 0 aliphatic rings. The van der Waals surface area contributed by atoms with Gasteiger partial charge in [-0.15, -0.1) is 0 Å². The fourth-order valence-corrected chi connectivity index (χ4v) is 1.12. The van der Waals surface area contributed by atoms with Gasteiger partial charge in [-0.3, -0.25) is 4.98 Å². The van der Waals surface area contributed by atoms with Crippen LogP contribution in [-0.2, 0) is 0 Å². The molecule has 1 aromatic carbocycles. The van der Waals surface area contributed by atoms with E-state index in [1.54, 1.807) is 18.2 Å². The van der Waals surface area contributed by atoms with E-state index in [1.807, 2.05) is 0 Å². The number of para-hydroxylation sites is 1. The van der Waals surface area contributed by atoms with Crippen LogP contribution in [0.5, 0.6) is 5.75 Å². The van der Waals surface area contributed by atoms with Crippen LogP contribution in [0.4, 0.5) is 0 Å². The second-order valence-corrected chi connectivity index (χ2v) is 2.67. The molecule has 0 bridgehead atoms. The Kier molecular flexibility index (Phi) is 1.98. The van der Waals surface area contributed by atoms with Crippen LogP contribution in [0.15, 0.2) is 35.4 Å². The SMILES string of the molecule is O=c1ncnc(-c2ccccc2O)[nH]1. The van der Waals surface area contributed by atoms with Crippen molar-refractivity contribution in [3.8, 4) is 17.1 Å². The number of nitrogens with zero attached hydrogens (tertiary/aromatic N) is 2. The number of aromatic hydroxyl groups is 1. The molecule has 1 aromatic heterocycles. The number of benzene rings is 1. The molecule has 70 valence electrons. The Morgan fingerprint density at radius 1 is 1.21 bits per heavy atom. The summed E-state index contributed by atoms with van der Waals surface area (Å²) >= 11 is 0. The number of H-pyrrole nitrogens is 1. The Balaban J connectivity index is 2.61. The van der Waals surface area contributed by atoms with E-state index in [0.717, 1.165) is 6.33 Å². The minimum Gasteiger partial charge on any atom is -0.507 e. The van der Waals surface area contributed by atoms with E-state index in [1.165, 1.54) is 6.07 Å². The molecule has 0 spiro atoms. The molecular weight excluding hydrogens is 182 g/mol. The highest BCUT2D eigenvalue weighted by atomic mass is 16.3. The lowest BCUT2D eigenvalue weighted by molar-refractivity contribution is 0.477. The lowest BCUT2D eigenvalue weighted by Crippen LogP contribution is -2.11. The van der Waals surface area contributed by atoms with Crippen molar-refractivity contribution in [2.75, 3.05) is 0 Å². The molecule has 2 aromatic rings. The minimum absolute atomic E-state index is 0.0712. The van der Waals surface area contributed by atoms with E-state index < -0.39 is 5.69 Å². The second-order valence-electron chi connectivity index (χ2n) is 2.67. The molecular formula is C9H7N3O2. The summed E-state index contributed by atoms with van der Waals surface area (Å²) in [6.45, 7) is 0. The summed E-state index contributed by atoms with van der Waals surface area (Å²) in [6, 6.07) is 6.62. The van der Waals surface area contributed by atoms with E-state index in [-0.39, 0.29) is 5.75 Å². The third kappa shape index (κ3) is 1.47. The first-order valence-corrected chi connectivity index (χ1v) is 3.97. The summed E-state index contributed by atoms with van der Waals surface area (Å²) in [5, 5.41) is 9.47. The Labute approximate surface area is 79.1 Å². The van der Waals surface area contributed by atoms with Crippen LogP contribution in [0.2, 0.25) is 0 Å². The van der Waals surface area contributed by atoms with Crippen molar-refractivity contribution in [3.63, 3.8) is 0 Å². The minimum atomic E-state index is -0.488. The van der Waals surface area contributed by atoms with Crippen LogP contribution in [0, 0.1) is 0 Å². The number of aromatic amines is 1. The first-order valence-electron chi connectivity index (χ1n) is 3.97. The van der Waals surface area contributed by atoms with Crippen LogP contribution in [0.1, 0.15) is 0 Å². The molecule has 2 rings (SSSR count). The van der Waals surface area contributed by atoms with Gasteiger partial charge in [0.05, 0.1) is 5.56 Å². The summed E-state index contributed by atoms with van der Waals surface area (Å²) in [5.41, 5.74) is -0.00902. The predicted octanol–water partition coefficient (Wildman–Crippen LogP) is 0.537. The number of aromatic nitrogens is 3. The molecule has 5 nitrogen and oxygen atoms in total. The number of rotatable bonds is 1. The fraction of sp³-hybridized carbons (Fsp3) is 0. The van der Waals surface area contributed by atoms with Crippen molar-refractivity contribution >= 4 is 0 Å². The van der Waals surface area contributed by atoms with Gasteiger partial charge in [0, 0.05) is 0 Å². The molecule has 1 heterocycles. The summed E-state index contributed by atoms with van der Waals surface area (Å²) in [5.74, 6) is 0.380. The van der Waals surface area contributed by atoms with Crippen LogP contribution in [-0.4, -0.2) is 20.1 Å². The number of phenols is 1. The van der Waals surface area contributed by atoms with Gasteiger partial charge in [-0.2, -0.15) is 4.98 Å². The molecule has 0 aliphatic heterocycles. The summed E-state index contributed by atoms with van der Waals surface area (Å²) in [6.07, 6.45) is 1.15. The van der Waals surface area contributed by atoms with Gasteiger partial charge in [-0.25, -0.2) is 9.78 Å². The number of hydrogen-bond donors (Lipinski definition) is 2. The monoisotopic (exact) mass is 189 g/mol. The fourth-order valence-electron chi connectivity index (χ4n) is 1.12. The lowest BCUT2D eigenvalue weighted by Gasteiger charge is -2.01. The van der Waals surface area contributed by atoms with Gasteiger partial charge in [0.1, 0.15) is 17.9 Å². The predicted molar refractivity (Wildman–Crippen MR) is 49.8 cm³/mol. The highest BCUT2D eigenvalue weighted by Gasteiger charge is 2.04. The van der Waals surface area contributed by atoms with Crippen molar-refractivity contribution in [1.82, 2.24) is 15.0 Å². The Morgan fingerprint density at radius 2 is 2.00 bits per heavy atom. The molecule has 0 unspecified atom stereocenters. The molecule has 0 aliphatic carbocycles. The van der Waals surface area contributed by atoms with Crippen molar-refractivity contribution in [1.29, 1.82) is 0 Å². The third-order valence-electron chi connectivity index (χ3n) is 1.75. The number of phenolic OH excluding ortho intramolecular Hbond substituents is 1. The van der Waals surface area contributed by atoms with E-state index >= 15 is 0 Å². The Morgan fingerprint density at radius 3 is 2.71 bits per heavy atom. The Bertz CT molecular complexity index is 507. The molecule has 0 amide bonds. The van der Waals surface area contributed by atoms with Gasteiger partial charge in [-0.05, 0) is 12.1 Å². The van der Waals surface area contributed by atoms with Gasteiger partial charge in [0.2, 0.25) is 0 Å². The van der Waals surface area contributed by atoms with Crippen molar-refractivity contribution in [2.24, 2.45) is 0 Å². The van der Waals surface area contributed by atoms with E-state index in [4.69, 9.17) is 0 Å². The molecule has 0 atom stereocenters. The van der Waals surface area contributed by atoms with Crippen LogP contribution in [0.25, 0.3) is 11.4 Å². The van der Waals surface area contributed by atoms with Gasteiger partial charge in [-0.1, -0.05) is 12.1 Å². The van der Waals surface area contributed by atoms with E-state index in [2.05, 4.69) is 15.0 Å². The molecule has 2 N–H and O–H groups in total. The highest BCUT2D eigenvalue weighted by molar-refractivity contribution is 5.62. The van der Waals surface area contributed by atoms with Crippen molar-refractivity contribution in [2.45, 2.75) is 0 Å². The van der Waals surface area contributed by atoms with Crippen LogP contribution in [0.3, 0.4) is 0 Å². The van der Waals surface area contributed by atoms with Gasteiger partial charge >= 0.3 is 5.69 Å². The topological polar surface area (TPSA) is 78.9 Å². The van der Waals surface area contributed by atoms with Crippen molar-refractivity contribution in [3.05, 3.63) is 41.1 Å². The first-order chi connectivity index (χ1) is 6.77. The van der Waals surface area contributed by atoms with Gasteiger partial charge < -0.3 is 5.11 Å². The highest BCUT2D eigenvalue weighted by Crippen LogP contribution is 2.23. The zero-order chi connectivity index (χ0) is 9.97. The molecule has 0 saturated heterocycles. The average molecular weight is 189 g/mol. The largest absolute Gasteiger partial charge is 0.507 e. The molecule has 0 fully saturated rings. The molecule has 5 heteroatoms. The first kappa shape index (κ1) is 8.43. The maximum atomic E-state index is 10.9. The zero-order valence-electron chi connectivity index (χ0n) is 7.14. The second kappa shape index (κ2) is 3.29. The summed E-state index contributed by atoms with van der Waals surface area (Å²) < 4.78 is 0. The number of nitrogens with one attached hydrogen (secondary N) is 1. The molecule has 0 saturated carbocycles. The lowest BCUT2D eigenvalue weighted by atomic mass is 10.2. The summed E-state index contributed by atoms with van der Waals surface area (Å²) in [4.78, 5) is 20.5. The molecule has 0 radical (unpaired) electrons.